The van der Waals surface area contributed by atoms with Gasteiger partial charge in [0.05, 0.1) is 11.0 Å². The highest BCUT2D eigenvalue weighted by atomic mass is 79.9. The van der Waals surface area contributed by atoms with E-state index in [1.807, 2.05) is 25.2 Å². The van der Waals surface area contributed by atoms with Gasteiger partial charge in [0.1, 0.15) is 5.76 Å². The minimum Gasteiger partial charge on any atom is -0.452 e. The fourth-order valence-corrected chi connectivity index (χ4v) is 1.37. The summed E-state index contributed by atoms with van der Waals surface area (Å²) in [4.78, 5) is 0. The third-order valence-corrected chi connectivity index (χ3v) is 2.98. The van der Waals surface area contributed by atoms with E-state index < -0.39 is 0 Å². The zero-order valence-corrected chi connectivity index (χ0v) is 10.1. The van der Waals surface area contributed by atoms with Crippen molar-refractivity contribution in [3.8, 4) is 0 Å². The minimum atomic E-state index is 0.692. The Kier molecular flexibility index (Phi) is 3.77. The molecule has 1 aromatic rings. The molecule has 0 aliphatic carbocycles. The van der Waals surface area contributed by atoms with Gasteiger partial charge in [-0.15, -0.1) is 0 Å². The van der Waals surface area contributed by atoms with Crippen LogP contribution in [0.4, 0.5) is 0 Å². The second-order valence-corrected chi connectivity index (χ2v) is 4.14. The molecular weight excluding hydrogens is 288 g/mol. The number of hydrogen-bond donors (Lipinski definition) is 1. The first-order valence-corrected chi connectivity index (χ1v) is 5.02. The molecule has 0 radical (unpaired) electrons. The predicted octanol–water partition coefficient (Wildman–Crippen LogP) is 2.37. The molecule has 1 rings (SSSR count). The highest BCUT2D eigenvalue weighted by molar-refractivity contribution is 9.13. The van der Waals surface area contributed by atoms with Crippen LogP contribution in [0.15, 0.2) is 19.6 Å². The molecule has 0 unspecified atom stereocenters. The molecule has 0 aromatic carbocycles. The lowest BCUT2D eigenvalue weighted by molar-refractivity contribution is 0.270. The molecule has 5 heteroatoms. The van der Waals surface area contributed by atoms with E-state index in [1.54, 1.807) is 0 Å². The summed E-state index contributed by atoms with van der Waals surface area (Å²) < 4.78 is 7.02. The number of halogens is 2. The van der Waals surface area contributed by atoms with Gasteiger partial charge >= 0.3 is 0 Å². The molecule has 0 bridgehead atoms. The second kappa shape index (κ2) is 4.41. The van der Waals surface area contributed by atoms with Gasteiger partial charge in [0.2, 0.25) is 0 Å². The zero-order valence-electron chi connectivity index (χ0n) is 6.90. The monoisotopic (exact) mass is 296 g/mol. The van der Waals surface area contributed by atoms with Crippen molar-refractivity contribution in [2.75, 3.05) is 14.1 Å². The Morgan fingerprint density at radius 1 is 1.50 bits per heavy atom. The van der Waals surface area contributed by atoms with Crippen molar-refractivity contribution in [3.05, 3.63) is 21.0 Å². The van der Waals surface area contributed by atoms with E-state index in [0.717, 1.165) is 14.9 Å². The molecule has 0 fully saturated rings. The lowest BCUT2D eigenvalue weighted by Gasteiger charge is -2.09. The van der Waals surface area contributed by atoms with Crippen molar-refractivity contribution in [3.63, 3.8) is 0 Å². The summed E-state index contributed by atoms with van der Waals surface area (Å²) in [5.41, 5.74) is 3.10. The van der Waals surface area contributed by atoms with E-state index in [2.05, 4.69) is 37.3 Å². The molecule has 0 aliphatic heterocycles. The van der Waals surface area contributed by atoms with Crippen LogP contribution in [0, 0.1) is 0 Å². The molecule has 0 saturated carbocycles. The fraction of sp³-hybridized carbons (Fsp3) is 0.429. The van der Waals surface area contributed by atoms with E-state index in [1.165, 1.54) is 0 Å². The molecule has 68 valence electrons. The molecule has 0 aliphatic rings. The summed E-state index contributed by atoms with van der Waals surface area (Å²) in [5, 5.41) is 1.88. The molecule has 1 aromatic heterocycles. The smallest absolute Gasteiger partial charge is 0.183 e. The van der Waals surface area contributed by atoms with Crippen molar-refractivity contribution in [1.82, 2.24) is 10.4 Å². The summed E-state index contributed by atoms with van der Waals surface area (Å²) in [6, 6.07) is 1.93. The topological polar surface area (TPSA) is 28.4 Å². The van der Waals surface area contributed by atoms with Crippen LogP contribution < -0.4 is 5.43 Å². The van der Waals surface area contributed by atoms with Gasteiger partial charge in [-0.3, -0.25) is 5.01 Å². The lowest BCUT2D eigenvalue weighted by atomic mass is 10.5. The highest BCUT2D eigenvalue weighted by Gasteiger charge is 2.05. The van der Waals surface area contributed by atoms with E-state index in [0.29, 0.717) is 6.54 Å². The predicted molar refractivity (Wildman–Crippen MR) is 54.6 cm³/mol. The third-order valence-electron chi connectivity index (χ3n) is 1.27. The van der Waals surface area contributed by atoms with E-state index in [-0.39, 0.29) is 0 Å². The Morgan fingerprint density at radius 2 is 2.17 bits per heavy atom. The number of nitrogens with one attached hydrogen (secondary N) is 1. The van der Waals surface area contributed by atoms with Gasteiger partial charge < -0.3 is 4.42 Å². The second-order valence-electron chi connectivity index (χ2n) is 2.56. The molecule has 0 spiro atoms. The van der Waals surface area contributed by atoms with Crippen LogP contribution in [0.1, 0.15) is 5.76 Å². The van der Waals surface area contributed by atoms with Crippen LogP contribution >= 0.6 is 31.9 Å². The maximum Gasteiger partial charge on any atom is 0.183 e. The van der Waals surface area contributed by atoms with Crippen molar-refractivity contribution < 1.29 is 4.42 Å². The Hall–Kier alpha value is 0.160. The number of rotatable bonds is 3. The zero-order chi connectivity index (χ0) is 9.14. The fourth-order valence-electron chi connectivity index (χ4n) is 0.715. The van der Waals surface area contributed by atoms with Gasteiger partial charge in [-0.25, -0.2) is 5.43 Å². The lowest BCUT2D eigenvalue weighted by Crippen LogP contribution is -2.29. The standard InChI is InChI=1S/C7H10Br2N2O/c1-11(2)10-4-5-3-6(8)7(9)12-5/h3,10H,4H2,1-2H3. The van der Waals surface area contributed by atoms with Crippen molar-refractivity contribution in [1.29, 1.82) is 0 Å². The first-order chi connectivity index (χ1) is 5.59. The molecule has 0 amide bonds. The number of furan rings is 1. The average Bonchev–Trinajstić information content (AvgIpc) is 2.28. The van der Waals surface area contributed by atoms with Crippen molar-refractivity contribution in [2.24, 2.45) is 0 Å². The van der Waals surface area contributed by atoms with Gasteiger partial charge in [0, 0.05) is 14.1 Å². The largest absolute Gasteiger partial charge is 0.452 e. The maximum atomic E-state index is 5.35. The number of hydrazine groups is 1. The molecule has 12 heavy (non-hydrogen) atoms. The van der Waals surface area contributed by atoms with Crippen LogP contribution in [0.3, 0.4) is 0 Å². The van der Waals surface area contributed by atoms with Gasteiger partial charge in [-0.1, -0.05) is 0 Å². The Balaban J connectivity index is 2.53. The SMILES string of the molecule is CN(C)NCc1cc(Br)c(Br)o1. The van der Waals surface area contributed by atoms with E-state index in [4.69, 9.17) is 4.42 Å². The maximum absolute atomic E-state index is 5.35. The summed E-state index contributed by atoms with van der Waals surface area (Å²) in [6.45, 7) is 0.692. The van der Waals surface area contributed by atoms with Gasteiger partial charge in [-0.2, -0.15) is 0 Å². The molecular formula is C7H10Br2N2O. The van der Waals surface area contributed by atoms with Crippen LogP contribution in [0.5, 0.6) is 0 Å². The van der Waals surface area contributed by atoms with Crippen LogP contribution in [-0.4, -0.2) is 19.1 Å². The van der Waals surface area contributed by atoms with Crippen LogP contribution in [0.2, 0.25) is 0 Å². The Labute approximate surface area is 88.3 Å². The highest BCUT2D eigenvalue weighted by Crippen LogP contribution is 2.26. The summed E-state index contributed by atoms with van der Waals surface area (Å²) in [6.07, 6.45) is 0. The van der Waals surface area contributed by atoms with Crippen LogP contribution in [-0.2, 0) is 6.54 Å². The summed E-state index contributed by atoms with van der Waals surface area (Å²) in [5.74, 6) is 0.891. The molecule has 0 saturated heterocycles. The normalized spacial score (nSPS) is 11.1. The third kappa shape index (κ3) is 2.90. The Morgan fingerprint density at radius 3 is 2.58 bits per heavy atom. The molecule has 1 heterocycles. The number of nitrogens with zero attached hydrogens (tertiary/aromatic N) is 1. The number of hydrogen-bond acceptors (Lipinski definition) is 3. The minimum absolute atomic E-state index is 0.692. The van der Waals surface area contributed by atoms with Gasteiger partial charge in [0.25, 0.3) is 0 Å². The van der Waals surface area contributed by atoms with E-state index >= 15 is 0 Å². The quantitative estimate of drug-likeness (QED) is 0.868. The van der Waals surface area contributed by atoms with Gasteiger partial charge in [-0.05, 0) is 37.9 Å². The van der Waals surface area contributed by atoms with E-state index in [9.17, 15) is 0 Å². The molecule has 0 atom stereocenters. The van der Waals surface area contributed by atoms with Gasteiger partial charge in [0.15, 0.2) is 4.67 Å². The van der Waals surface area contributed by atoms with Crippen molar-refractivity contribution in [2.45, 2.75) is 6.54 Å². The molecule has 1 N–H and O–H groups in total. The first kappa shape index (κ1) is 10.2. The van der Waals surface area contributed by atoms with Crippen LogP contribution in [0.25, 0.3) is 0 Å². The average molecular weight is 298 g/mol. The Bertz CT molecular complexity index is 240. The summed E-state index contributed by atoms with van der Waals surface area (Å²) >= 11 is 6.61. The summed E-state index contributed by atoms with van der Waals surface area (Å²) in [7, 11) is 3.88. The van der Waals surface area contributed by atoms with Crippen molar-refractivity contribution >= 4 is 31.9 Å². The first-order valence-electron chi connectivity index (χ1n) is 3.44. The molecule has 3 nitrogen and oxygen atoms in total.